The minimum absolute atomic E-state index is 0.264. The first-order chi connectivity index (χ1) is 13.6. The Kier molecular flexibility index (Phi) is 4.91. The van der Waals surface area contributed by atoms with Crippen molar-refractivity contribution in [1.29, 1.82) is 5.26 Å². The van der Waals surface area contributed by atoms with Crippen LogP contribution < -0.4 is 10.6 Å². The molecule has 0 atom stereocenters. The van der Waals surface area contributed by atoms with Crippen molar-refractivity contribution in [3.8, 4) is 6.07 Å². The molecule has 0 saturated carbocycles. The van der Waals surface area contributed by atoms with Gasteiger partial charge in [-0.15, -0.1) is 0 Å². The molecule has 2 saturated heterocycles. The molecule has 4 rings (SSSR count). The van der Waals surface area contributed by atoms with Gasteiger partial charge in [0.2, 0.25) is 5.91 Å². The zero-order valence-electron chi connectivity index (χ0n) is 16.0. The van der Waals surface area contributed by atoms with Gasteiger partial charge in [-0.3, -0.25) is 4.79 Å². The molecule has 0 unspecified atom stereocenters. The van der Waals surface area contributed by atoms with E-state index in [1.807, 2.05) is 35.2 Å². The van der Waals surface area contributed by atoms with Crippen molar-refractivity contribution in [2.24, 2.45) is 5.41 Å². The van der Waals surface area contributed by atoms with Gasteiger partial charge in [-0.25, -0.2) is 4.98 Å². The van der Waals surface area contributed by atoms with Gasteiger partial charge in [0, 0.05) is 38.1 Å². The van der Waals surface area contributed by atoms with E-state index in [9.17, 15) is 4.79 Å². The molecule has 2 N–H and O–H groups in total. The number of hydrogen-bond donors (Lipinski definition) is 1. The maximum atomic E-state index is 13.4. The highest BCUT2D eigenvalue weighted by Crippen LogP contribution is 2.42. The van der Waals surface area contributed by atoms with E-state index >= 15 is 0 Å². The zero-order chi connectivity index (χ0) is 19.6. The number of piperidine rings is 2. The molecular weight excluding hydrogens is 350 g/mol. The highest BCUT2D eigenvalue weighted by atomic mass is 16.2. The van der Waals surface area contributed by atoms with E-state index in [4.69, 9.17) is 11.0 Å². The number of carbonyl (C=O) groups excluding carboxylic acids is 1. The number of para-hydroxylation sites is 1. The van der Waals surface area contributed by atoms with E-state index in [1.54, 1.807) is 12.3 Å². The Morgan fingerprint density at radius 2 is 1.93 bits per heavy atom. The van der Waals surface area contributed by atoms with Gasteiger partial charge in [0.1, 0.15) is 5.82 Å². The summed E-state index contributed by atoms with van der Waals surface area (Å²) < 4.78 is 0. The van der Waals surface area contributed by atoms with Gasteiger partial charge in [0.15, 0.2) is 0 Å². The van der Waals surface area contributed by atoms with Gasteiger partial charge < -0.3 is 15.5 Å². The van der Waals surface area contributed by atoms with Crippen LogP contribution in [-0.4, -0.2) is 35.4 Å². The summed E-state index contributed by atoms with van der Waals surface area (Å²) in [6, 6.07) is 13.5. The quantitative estimate of drug-likeness (QED) is 0.834. The third kappa shape index (κ3) is 3.40. The summed E-state index contributed by atoms with van der Waals surface area (Å²) in [4.78, 5) is 22.0. The molecular formula is C22H25N5O. The van der Waals surface area contributed by atoms with Crippen LogP contribution in [0.15, 0.2) is 42.6 Å². The SMILES string of the molecule is N#Cc1ccnc(N2CCC3(CCCN(Cc4ccccc4N)C3=O)CC2)c1. The van der Waals surface area contributed by atoms with Gasteiger partial charge >= 0.3 is 0 Å². The first-order valence-corrected chi connectivity index (χ1v) is 9.85. The number of benzene rings is 1. The van der Waals surface area contributed by atoms with Crippen LogP contribution in [0.5, 0.6) is 0 Å². The van der Waals surface area contributed by atoms with Crippen molar-refractivity contribution in [2.75, 3.05) is 30.3 Å². The van der Waals surface area contributed by atoms with E-state index in [0.29, 0.717) is 12.1 Å². The molecule has 2 aliphatic rings. The molecule has 144 valence electrons. The van der Waals surface area contributed by atoms with E-state index in [2.05, 4.69) is 16.0 Å². The Balaban J connectivity index is 1.46. The average Bonchev–Trinajstić information content (AvgIpc) is 2.74. The number of pyridine rings is 1. The first-order valence-electron chi connectivity index (χ1n) is 9.85. The standard InChI is InChI=1S/C22H25N5O/c23-15-17-6-10-25-20(14-17)26-12-8-22(9-13-26)7-3-11-27(21(22)28)16-18-4-1-2-5-19(18)24/h1-2,4-6,10,14H,3,7-9,11-13,16,24H2. The summed E-state index contributed by atoms with van der Waals surface area (Å²) in [7, 11) is 0. The molecule has 0 aliphatic carbocycles. The second-order valence-corrected chi connectivity index (χ2v) is 7.81. The van der Waals surface area contributed by atoms with Crippen molar-refractivity contribution in [2.45, 2.75) is 32.2 Å². The Morgan fingerprint density at radius 3 is 2.68 bits per heavy atom. The number of anilines is 2. The second kappa shape index (κ2) is 7.51. The minimum Gasteiger partial charge on any atom is -0.398 e. The lowest BCUT2D eigenvalue weighted by molar-refractivity contribution is -0.148. The Labute approximate surface area is 165 Å². The number of rotatable bonds is 3. The van der Waals surface area contributed by atoms with Crippen molar-refractivity contribution >= 4 is 17.4 Å². The van der Waals surface area contributed by atoms with Crippen LogP contribution in [-0.2, 0) is 11.3 Å². The molecule has 2 aromatic rings. The molecule has 6 nitrogen and oxygen atoms in total. The molecule has 0 bridgehead atoms. The van der Waals surface area contributed by atoms with Gasteiger partial charge in [0.25, 0.3) is 0 Å². The normalized spacial score (nSPS) is 18.9. The number of amides is 1. The first kappa shape index (κ1) is 18.3. The van der Waals surface area contributed by atoms with E-state index in [0.717, 1.165) is 62.4 Å². The van der Waals surface area contributed by atoms with Crippen molar-refractivity contribution in [3.05, 3.63) is 53.7 Å². The predicted molar refractivity (Wildman–Crippen MR) is 108 cm³/mol. The lowest BCUT2D eigenvalue weighted by Gasteiger charge is -2.46. The minimum atomic E-state index is -0.273. The molecule has 6 heteroatoms. The lowest BCUT2D eigenvalue weighted by atomic mass is 9.71. The van der Waals surface area contributed by atoms with E-state index < -0.39 is 0 Å². The van der Waals surface area contributed by atoms with Crippen LogP contribution in [0.3, 0.4) is 0 Å². The fourth-order valence-corrected chi connectivity index (χ4v) is 4.48. The van der Waals surface area contributed by atoms with Crippen LogP contribution >= 0.6 is 0 Å². The number of nitriles is 1. The average molecular weight is 375 g/mol. The molecule has 3 heterocycles. The molecule has 2 fully saturated rings. The fraction of sp³-hybridized carbons (Fsp3) is 0.409. The topological polar surface area (TPSA) is 86.2 Å². The Morgan fingerprint density at radius 1 is 1.14 bits per heavy atom. The summed E-state index contributed by atoms with van der Waals surface area (Å²) in [5, 5.41) is 9.11. The summed E-state index contributed by atoms with van der Waals surface area (Å²) in [5.41, 5.74) is 8.19. The largest absolute Gasteiger partial charge is 0.398 e. The monoisotopic (exact) mass is 375 g/mol. The molecule has 1 aromatic carbocycles. The highest BCUT2D eigenvalue weighted by Gasteiger charge is 2.45. The number of likely N-dealkylation sites (tertiary alicyclic amines) is 1. The number of aromatic nitrogens is 1. The lowest BCUT2D eigenvalue weighted by Crippen LogP contribution is -2.53. The number of nitrogens with zero attached hydrogens (tertiary/aromatic N) is 4. The number of nitrogen functional groups attached to an aromatic ring is 1. The van der Waals surface area contributed by atoms with Crippen LogP contribution in [0.2, 0.25) is 0 Å². The number of nitrogens with two attached hydrogens (primary N) is 1. The summed E-state index contributed by atoms with van der Waals surface area (Å²) >= 11 is 0. The molecule has 28 heavy (non-hydrogen) atoms. The molecule has 1 spiro atoms. The summed E-state index contributed by atoms with van der Waals surface area (Å²) in [6.45, 7) is 2.96. The summed E-state index contributed by atoms with van der Waals surface area (Å²) in [6.07, 6.45) is 5.30. The van der Waals surface area contributed by atoms with Crippen LogP contribution in [0.1, 0.15) is 36.8 Å². The Hall–Kier alpha value is -3.07. The smallest absolute Gasteiger partial charge is 0.229 e. The maximum absolute atomic E-state index is 13.4. The van der Waals surface area contributed by atoms with Crippen molar-refractivity contribution in [1.82, 2.24) is 9.88 Å². The molecule has 0 radical (unpaired) electrons. The molecule has 1 amide bonds. The number of carbonyl (C=O) groups is 1. The van der Waals surface area contributed by atoms with Gasteiger partial charge in [-0.1, -0.05) is 18.2 Å². The van der Waals surface area contributed by atoms with Gasteiger partial charge in [-0.2, -0.15) is 5.26 Å². The fourth-order valence-electron chi connectivity index (χ4n) is 4.48. The maximum Gasteiger partial charge on any atom is 0.229 e. The van der Waals surface area contributed by atoms with E-state index in [1.165, 1.54) is 0 Å². The third-order valence-corrected chi connectivity index (χ3v) is 6.16. The highest BCUT2D eigenvalue weighted by molar-refractivity contribution is 5.84. The molecule has 2 aliphatic heterocycles. The van der Waals surface area contributed by atoms with Crippen LogP contribution in [0.25, 0.3) is 0 Å². The Bertz CT molecular complexity index is 911. The van der Waals surface area contributed by atoms with Gasteiger partial charge in [-0.05, 0) is 49.4 Å². The number of hydrogen-bond acceptors (Lipinski definition) is 5. The van der Waals surface area contributed by atoms with Crippen LogP contribution in [0.4, 0.5) is 11.5 Å². The van der Waals surface area contributed by atoms with Crippen molar-refractivity contribution < 1.29 is 4.79 Å². The van der Waals surface area contributed by atoms with E-state index in [-0.39, 0.29) is 11.3 Å². The van der Waals surface area contributed by atoms with Gasteiger partial charge in [0.05, 0.1) is 17.0 Å². The van der Waals surface area contributed by atoms with Crippen molar-refractivity contribution in [3.63, 3.8) is 0 Å². The predicted octanol–water partition coefficient (Wildman–Crippen LogP) is 2.94. The summed E-state index contributed by atoms with van der Waals surface area (Å²) in [5.74, 6) is 1.09. The van der Waals surface area contributed by atoms with Crippen LogP contribution in [0, 0.1) is 16.7 Å². The third-order valence-electron chi connectivity index (χ3n) is 6.16. The molecule has 1 aromatic heterocycles. The second-order valence-electron chi connectivity index (χ2n) is 7.81. The zero-order valence-corrected chi connectivity index (χ0v) is 16.0.